The number of carbonyl (C=O) groups is 1. The van der Waals surface area contributed by atoms with E-state index >= 15 is 0 Å². The van der Waals surface area contributed by atoms with Gasteiger partial charge >= 0.3 is 5.97 Å². The average molecular weight is 220 g/mol. The number of methoxy groups -OCH3 is 1. The van der Waals surface area contributed by atoms with Gasteiger partial charge in [0, 0.05) is 19.1 Å². The third-order valence-corrected chi connectivity index (χ3v) is 2.87. The standard InChI is InChI=1S/C12H16N2O2/c1-16-12(15)10-4-2-3-5-11(10)14-7-6-9(13)8-14/h2-5,9H,6-8,13H2,1H3/t9-/m0/s1. The maximum atomic E-state index is 11.6. The van der Waals surface area contributed by atoms with Crippen LogP contribution in [0.5, 0.6) is 0 Å². The zero-order valence-electron chi connectivity index (χ0n) is 9.35. The topological polar surface area (TPSA) is 55.6 Å². The Balaban J connectivity index is 2.29. The fraction of sp³-hybridized carbons (Fsp3) is 0.417. The highest BCUT2D eigenvalue weighted by Gasteiger charge is 2.23. The van der Waals surface area contributed by atoms with Crippen molar-refractivity contribution in [2.24, 2.45) is 5.73 Å². The summed E-state index contributed by atoms with van der Waals surface area (Å²) >= 11 is 0. The lowest BCUT2D eigenvalue weighted by Gasteiger charge is -2.20. The zero-order chi connectivity index (χ0) is 11.5. The quantitative estimate of drug-likeness (QED) is 0.756. The van der Waals surface area contributed by atoms with E-state index in [-0.39, 0.29) is 12.0 Å². The monoisotopic (exact) mass is 220 g/mol. The van der Waals surface area contributed by atoms with Gasteiger partial charge in [-0.05, 0) is 18.6 Å². The van der Waals surface area contributed by atoms with Gasteiger partial charge in [-0.3, -0.25) is 0 Å². The first kappa shape index (κ1) is 11.0. The summed E-state index contributed by atoms with van der Waals surface area (Å²) in [6.07, 6.45) is 0.968. The highest BCUT2D eigenvalue weighted by molar-refractivity contribution is 5.95. The van der Waals surface area contributed by atoms with Crippen molar-refractivity contribution in [1.29, 1.82) is 0 Å². The van der Waals surface area contributed by atoms with Crippen LogP contribution in [-0.2, 0) is 4.74 Å². The van der Waals surface area contributed by atoms with Gasteiger partial charge in [-0.2, -0.15) is 0 Å². The van der Waals surface area contributed by atoms with Crippen molar-refractivity contribution in [3.63, 3.8) is 0 Å². The highest BCUT2D eigenvalue weighted by atomic mass is 16.5. The molecule has 0 unspecified atom stereocenters. The average Bonchev–Trinajstić information content (AvgIpc) is 2.75. The van der Waals surface area contributed by atoms with Crippen LogP contribution < -0.4 is 10.6 Å². The molecular weight excluding hydrogens is 204 g/mol. The van der Waals surface area contributed by atoms with Crippen LogP contribution in [0.3, 0.4) is 0 Å². The van der Waals surface area contributed by atoms with Gasteiger partial charge in [0.15, 0.2) is 0 Å². The molecule has 0 bridgehead atoms. The number of ether oxygens (including phenoxy) is 1. The maximum absolute atomic E-state index is 11.6. The normalized spacial score (nSPS) is 19.9. The third kappa shape index (κ3) is 2.02. The van der Waals surface area contributed by atoms with Crippen LogP contribution in [0, 0.1) is 0 Å². The third-order valence-electron chi connectivity index (χ3n) is 2.87. The summed E-state index contributed by atoms with van der Waals surface area (Å²) < 4.78 is 4.77. The number of para-hydroxylation sites is 1. The Morgan fingerprint density at radius 3 is 2.88 bits per heavy atom. The van der Waals surface area contributed by atoms with Gasteiger partial charge in [0.1, 0.15) is 0 Å². The van der Waals surface area contributed by atoms with E-state index in [1.807, 2.05) is 18.2 Å². The second kappa shape index (κ2) is 4.53. The summed E-state index contributed by atoms with van der Waals surface area (Å²) in [5.74, 6) is -0.295. The van der Waals surface area contributed by atoms with E-state index in [0.717, 1.165) is 25.2 Å². The Bertz CT molecular complexity index is 392. The van der Waals surface area contributed by atoms with Crippen LogP contribution in [0.1, 0.15) is 16.8 Å². The molecule has 0 radical (unpaired) electrons. The van der Waals surface area contributed by atoms with E-state index in [1.54, 1.807) is 6.07 Å². The number of anilines is 1. The summed E-state index contributed by atoms with van der Waals surface area (Å²) in [7, 11) is 1.40. The fourth-order valence-electron chi connectivity index (χ4n) is 2.04. The van der Waals surface area contributed by atoms with Crippen molar-refractivity contribution >= 4 is 11.7 Å². The van der Waals surface area contributed by atoms with E-state index in [1.165, 1.54) is 7.11 Å². The molecule has 1 aromatic rings. The Hall–Kier alpha value is -1.55. The van der Waals surface area contributed by atoms with Crippen LogP contribution in [0.4, 0.5) is 5.69 Å². The molecule has 1 saturated heterocycles. The second-order valence-electron chi connectivity index (χ2n) is 4.00. The van der Waals surface area contributed by atoms with Crippen LogP contribution in [-0.4, -0.2) is 32.2 Å². The molecule has 1 fully saturated rings. The summed E-state index contributed by atoms with van der Waals surface area (Å²) in [6, 6.07) is 7.68. The van der Waals surface area contributed by atoms with Gasteiger partial charge < -0.3 is 15.4 Å². The smallest absolute Gasteiger partial charge is 0.339 e. The molecule has 0 spiro atoms. The predicted molar refractivity (Wildman–Crippen MR) is 62.6 cm³/mol. The number of nitrogens with two attached hydrogens (primary N) is 1. The molecule has 0 saturated carbocycles. The van der Waals surface area contributed by atoms with Crippen LogP contribution in [0.15, 0.2) is 24.3 Å². The van der Waals surface area contributed by atoms with Crippen molar-refractivity contribution in [3.8, 4) is 0 Å². The van der Waals surface area contributed by atoms with Gasteiger partial charge in [0.05, 0.1) is 18.4 Å². The minimum absolute atomic E-state index is 0.200. The minimum atomic E-state index is -0.295. The van der Waals surface area contributed by atoms with E-state index in [4.69, 9.17) is 10.5 Å². The van der Waals surface area contributed by atoms with Crippen molar-refractivity contribution in [2.75, 3.05) is 25.1 Å². The lowest BCUT2D eigenvalue weighted by Crippen LogP contribution is -2.27. The molecule has 0 aromatic heterocycles. The predicted octanol–water partition coefficient (Wildman–Crippen LogP) is 1.01. The number of carbonyl (C=O) groups excluding carboxylic acids is 1. The lowest BCUT2D eigenvalue weighted by molar-refractivity contribution is 0.0601. The minimum Gasteiger partial charge on any atom is -0.465 e. The SMILES string of the molecule is COC(=O)c1ccccc1N1CC[C@H](N)C1. The lowest BCUT2D eigenvalue weighted by atomic mass is 10.1. The molecule has 0 aliphatic carbocycles. The Kier molecular flexibility index (Phi) is 3.10. The molecule has 0 amide bonds. The van der Waals surface area contributed by atoms with E-state index in [2.05, 4.69) is 4.90 Å². The van der Waals surface area contributed by atoms with E-state index < -0.39 is 0 Å². The summed E-state index contributed by atoms with van der Waals surface area (Å²) in [5, 5.41) is 0. The largest absolute Gasteiger partial charge is 0.465 e. The van der Waals surface area contributed by atoms with E-state index in [0.29, 0.717) is 5.56 Å². The molecule has 1 aliphatic heterocycles. The second-order valence-corrected chi connectivity index (χ2v) is 4.00. The number of esters is 1. The molecule has 1 heterocycles. The van der Waals surface area contributed by atoms with Crippen molar-refractivity contribution in [3.05, 3.63) is 29.8 Å². The summed E-state index contributed by atoms with van der Waals surface area (Å²) in [6.45, 7) is 1.70. The first-order chi connectivity index (χ1) is 7.72. The van der Waals surface area contributed by atoms with Gasteiger partial charge in [0.25, 0.3) is 0 Å². The van der Waals surface area contributed by atoms with Crippen molar-refractivity contribution in [2.45, 2.75) is 12.5 Å². The van der Waals surface area contributed by atoms with Gasteiger partial charge in [-0.1, -0.05) is 12.1 Å². The maximum Gasteiger partial charge on any atom is 0.339 e. The van der Waals surface area contributed by atoms with E-state index in [9.17, 15) is 4.79 Å². The summed E-state index contributed by atoms with van der Waals surface area (Å²) in [4.78, 5) is 13.7. The molecule has 4 nitrogen and oxygen atoms in total. The Morgan fingerprint density at radius 2 is 2.25 bits per heavy atom. The highest BCUT2D eigenvalue weighted by Crippen LogP contribution is 2.24. The van der Waals surface area contributed by atoms with Gasteiger partial charge in [-0.25, -0.2) is 4.79 Å². The molecular formula is C12H16N2O2. The van der Waals surface area contributed by atoms with Crippen molar-refractivity contribution in [1.82, 2.24) is 0 Å². The molecule has 1 atom stereocenters. The first-order valence-electron chi connectivity index (χ1n) is 5.40. The zero-order valence-corrected chi connectivity index (χ0v) is 9.35. The van der Waals surface area contributed by atoms with Crippen LogP contribution in [0.2, 0.25) is 0 Å². The number of rotatable bonds is 2. The number of benzene rings is 1. The molecule has 16 heavy (non-hydrogen) atoms. The van der Waals surface area contributed by atoms with Crippen LogP contribution in [0.25, 0.3) is 0 Å². The Morgan fingerprint density at radius 1 is 1.50 bits per heavy atom. The molecule has 2 N–H and O–H groups in total. The summed E-state index contributed by atoms with van der Waals surface area (Å²) in [5.41, 5.74) is 7.39. The Labute approximate surface area is 95.0 Å². The first-order valence-corrected chi connectivity index (χ1v) is 5.40. The van der Waals surface area contributed by atoms with Gasteiger partial charge in [0.2, 0.25) is 0 Å². The molecule has 86 valence electrons. The number of hydrogen-bond acceptors (Lipinski definition) is 4. The molecule has 1 aliphatic rings. The molecule has 4 heteroatoms. The fourth-order valence-corrected chi connectivity index (χ4v) is 2.04. The molecule has 1 aromatic carbocycles. The molecule has 2 rings (SSSR count). The van der Waals surface area contributed by atoms with Crippen molar-refractivity contribution < 1.29 is 9.53 Å². The number of nitrogens with zero attached hydrogens (tertiary/aromatic N) is 1. The number of hydrogen-bond donors (Lipinski definition) is 1. The van der Waals surface area contributed by atoms with Crippen LogP contribution >= 0.6 is 0 Å². The van der Waals surface area contributed by atoms with Gasteiger partial charge in [-0.15, -0.1) is 0 Å².